The van der Waals surface area contributed by atoms with Crippen LogP contribution in [0, 0.1) is 11.3 Å². The second-order valence-electron chi connectivity index (χ2n) is 7.25. The zero-order valence-corrected chi connectivity index (χ0v) is 15.4. The van der Waals surface area contributed by atoms with Gasteiger partial charge in [0.2, 0.25) is 0 Å². The maximum atomic E-state index is 12.7. The Morgan fingerprint density at radius 1 is 1.05 bits per heavy atom. The first-order chi connectivity index (χ1) is 10.0. The summed E-state index contributed by atoms with van der Waals surface area (Å²) in [4.78, 5) is 25.0. The third kappa shape index (κ3) is 3.48. The van der Waals surface area contributed by atoms with Crippen molar-refractivity contribution in [3.63, 3.8) is 0 Å². The van der Waals surface area contributed by atoms with Crippen LogP contribution in [-0.2, 0) is 9.59 Å². The molecular formula is C20H30O2. The zero-order valence-electron chi connectivity index (χ0n) is 15.4. The number of carbonyl (C=O) groups excluding carboxylic acids is 2. The maximum Gasteiger partial charge on any atom is 0.186 e. The van der Waals surface area contributed by atoms with E-state index < -0.39 is 0 Å². The van der Waals surface area contributed by atoms with Gasteiger partial charge in [-0.05, 0) is 51.9 Å². The molecule has 2 nitrogen and oxygen atoms in total. The van der Waals surface area contributed by atoms with E-state index in [1.807, 2.05) is 0 Å². The molecule has 0 aromatic rings. The van der Waals surface area contributed by atoms with Gasteiger partial charge >= 0.3 is 0 Å². The van der Waals surface area contributed by atoms with Crippen molar-refractivity contribution >= 4 is 11.6 Å². The summed E-state index contributed by atoms with van der Waals surface area (Å²) in [5, 5.41) is 0. The summed E-state index contributed by atoms with van der Waals surface area (Å²) in [5.74, 6) is 0.607. The van der Waals surface area contributed by atoms with E-state index in [0.717, 1.165) is 12.8 Å². The number of allylic oxidation sites excluding steroid dienone is 6. The first-order valence-corrected chi connectivity index (χ1v) is 8.19. The highest BCUT2D eigenvalue weighted by Gasteiger charge is 2.36. The van der Waals surface area contributed by atoms with Crippen LogP contribution in [0.25, 0.3) is 0 Å². The number of ketones is 2. The van der Waals surface area contributed by atoms with Crippen LogP contribution >= 0.6 is 0 Å². The van der Waals surface area contributed by atoms with Crippen molar-refractivity contribution in [2.45, 2.75) is 68.2 Å². The quantitative estimate of drug-likeness (QED) is 0.516. The monoisotopic (exact) mass is 302 g/mol. The molecule has 0 saturated carbocycles. The molecule has 0 N–H and O–H groups in total. The van der Waals surface area contributed by atoms with E-state index >= 15 is 0 Å². The summed E-state index contributed by atoms with van der Waals surface area (Å²) in [6.45, 7) is 16.0. The average Bonchev–Trinajstić information content (AvgIpc) is 2.47. The smallest absolute Gasteiger partial charge is 0.186 e. The van der Waals surface area contributed by atoms with Crippen molar-refractivity contribution in [1.29, 1.82) is 0 Å². The van der Waals surface area contributed by atoms with E-state index in [2.05, 4.69) is 40.7 Å². The standard InChI is InChI=1S/C20H30O2/c1-9-12(2)13(3)10-11-20(7,8)17-16(6)18(21)14(4)15(5)19(17)22/h10,12H,9,11H2,1-8H3/b13-10+. The molecule has 0 spiro atoms. The highest BCUT2D eigenvalue weighted by molar-refractivity contribution is 6.25. The lowest BCUT2D eigenvalue weighted by atomic mass is 9.71. The third-order valence-corrected chi connectivity index (χ3v) is 5.19. The minimum atomic E-state index is -0.326. The van der Waals surface area contributed by atoms with Gasteiger partial charge in [-0.1, -0.05) is 39.3 Å². The Balaban J connectivity index is 3.17. The molecule has 0 aromatic carbocycles. The van der Waals surface area contributed by atoms with Crippen molar-refractivity contribution in [2.75, 3.05) is 0 Å². The van der Waals surface area contributed by atoms with Crippen molar-refractivity contribution in [1.82, 2.24) is 0 Å². The van der Waals surface area contributed by atoms with Gasteiger partial charge in [-0.2, -0.15) is 0 Å². The Morgan fingerprint density at radius 2 is 1.55 bits per heavy atom. The molecule has 1 unspecified atom stereocenters. The summed E-state index contributed by atoms with van der Waals surface area (Å²) in [7, 11) is 0. The first kappa shape index (κ1) is 18.6. The van der Waals surface area contributed by atoms with E-state index in [0.29, 0.717) is 28.2 Å². The second-order valence-corrected chi connectivity index (χ2v) is 7.25. The molecule has 0 saturated heterocycles. The molecule has 1 aliphatic rings. The molecule has 1 atom stereocenters. The molecule has 1 rings (SSSR count). The Morgan fingerprint density at radius 3 is 2.05 bits per heavy atom. The van der Waals surface area contributed by atoms with Gasteiger partial charge in [-0.15, -0.1) is 0 Å². The van der Waals surface area contributed by atoms with E-state index in [9.17, 15) is 9.59 Å². The van der Waals surface area contributed by atoms with Crippen molar-refractivity contribution in [3.8, 4) is 0 Å². The molecule has 0 fully saturated rings. The molecule has 22 heavy (non-hydrogen) atoms. The lowest BCUT2D eigenvalue weighted by molar-refractivity contribution is -0.117. The Kier molecular flexibility index (Phi) is 5.72. The molecule has 122 valence electrons. The predicted molar refractivity (Wildman–Crippen MR) is 92.7 cm³/mol. The number of carbonyl (C=O) groups is 2. The Hall–Kier alpha value is -1.44. The maximum absolute atomic E-state index is 12.7. The van der Waals surface area contributed by atoms with Crippen LogP contribution in [0.3, 0.4) is 0 Å². The number of rotatable bonds is 5. The Bertz CT molecular complexity index is 583. The van der Waals surface area contributed by atoms with Crippen molar-refractivity contribution in [2.24, 2.45) is 11.3 Å². The fourth-order valence-corrected chi connectivity index (χ4v) is 2.95. The lowest BCUT2D eigenvalue weighted by Gasteiger charge is -2.31. The van der Waals surface area contributed by atoms with Gasteiger partial charge in [0.05, 0.1) is 0 Å². The molecule has 0 heterocycles. The van der Waals surface area contributed by atoms with E-state index in [-0.39, 0.29) is 17.0 Å². The van der Waals surface area contributed by atoms with Crippen molar-refractivity contribution in [3.05, 3.63) is 33.9 Å². The minimum Gasteiger partial charge on any atom is -0.289 e. The largest absolute Gasteiger partial charge is 0.289 e. The summed E-state index contributed by atoms with van der Waals surface area (Å²) in [6, 6.07) is 0. The van der Waals surface area contributed by atoms with Crippen LogP contribution in [0.4, 0.5) is 0 Å². The van der Waals surface area contributed by atoms with Crippen LogP contribution in [-0.4, -0.2) is 11.6 Å². The molecule has 0 amide bonds. The van der Waals surface area contributed by atoms with Gasteiger partial charge in [-0.3, -0.25) is 9.59 Å². The van der Waals surface area contributed by atoms with Crippen LogP contribution in [0.5, 0.6) is 0 Å². The summed E-state index contributed by atoms with van der Waals surface area (Å²) in [6.07, 6.45) is 4.12. The average molecular weight is 302 g/mol. The minimum absolute atomic E-state index is 0.0165. The van der Waals surface area contributed by atoms with Gasteiger partial charge in [0, 0.05) is 22.3 Å². The molecule has 0 bridgehead atoms. The fraction of sp³-hybridized carbons (Fsp3) is 0.600. The molecule has 0 aromatic heterocycles. The SMILES string of the molecule is CCC(C)/C(C)=C/CC(C)(C)C1=C(C)C(=O)C(C)=C(C)C1=O. The fourth-order valence-electron chi connectivity index (χ4n) is 2.95. The van der Waals surface area contributed by atoms with Gasteiger partial charge in [-0.25, -0.2) is 0 Å². The molecule has 1 aliphatic carbocycles. The van der Waals surface area contributed by atoms with Crippen molar-refractivity contribution < 1.29 is 9.59 Å². The lowest BCUT2D eigenvalue weighted by Crippen LogP contribution is -2.29. The first-order valence-electron chi connectivity index (χ1n) is 8.19. The highest BCUT2D eigenvalue weighted by atomic mass is 16.1. The van der Waals surface area contributed by atoms with Crippen LogP contribution in [0.15, 0.2) is 33.9 Å². The van der Waals surface area contributed by atoms with Gasteiger partial charge < -0.3 is 0 Å². The summed E-state index contributed by atoms with van der Waals surface area (Å²) < 4.78 is 0. The molecular weight excluding hydrogens is 272 g/mol. The highest BCUT2D eigenvalue weighted by Crippen LogP contribution is 2.39. The molecule has 0 radical (unpaired) electrons. The summed E-state index contributed by atoms with van der Waals surface area (Å²) >= 11 is 0. The van der Waals surface area contributed by atoms with E-state index in [1.54, 1.807) is 20.8 Å². The number of hydrogen-bond acceptors (Lipinski definition) is 2. The third-order valence-electron chi connectivity index (χ3n) is 5.19. The number of Topliss-reactive ketones (excluding diaryl/α,β-unsaturated/α-hetero) is 2. The zero-order chi connectivity index (χ0) is 17.2. The van der Waals surface area contributed by atoms with Crippen LogP contribution < -0.4 is 0 Å². The van der Waals surface area contributed by atoms with Gasteiger partial charge in [0.15, 0.2) is 11.6 Å². The second kappa shape index (κ2) is 6.76. The van der Waals surface area contributed by atoms with Gasteiger partial charge in [0.25, 0.3) is 0 Å². The van der Waals surface area contributed by atoms with E-state index in [1.165, 1.54) is 5.57 Å². The summed E-state index contributed by atoms with van der Waals surface area (Å²) in [5.41, 5.74) is 3.52. The van der Waals surface area contributed by atoms with Gasteiger partial charge in [0.1, 0.15) is 0 Å². The topological polar surface area (TPSA) is 34.1 Å². The normalized spacial score (nSPS) is 19.2. The Labute approximate surface area is 135 Å². The van der Waals surface area contributed by atoms with E-state index in [4.69, 9.17) is 0 Å². The number of hydrogen-bond donors (Lipinski definition) is 0. The van der Waals surface area contributed by atoms with Crippen LogP contribution in [0.1, 0.15) is 68.2 Å². The van der Waals surface area contributed by atoms with Crippen LogP contribution in [0.2, 0.25) is 0 Å². The molecule has 0 aliphatic heterocycles. The molecule has 2 heteroatoms. The predicted octanol–water partition coefficient (Wildman–Crippen LogP) is 5.20.